The predicted octanol–water partition coefficient (Wildman–Crippen LogP) is 4.16. The lowest BCUT2D eigenvalue weighted by molar-refractivity contribution is 0.0471. The van der Waals surface area contributed by atoms with Gasteiger partial charge in [0, 0.05) is 5.69 Å². The number of carbonyl (C=O) groups excluding carboxylic acids is 1. The highest BCUT2D eigenvalue weighted by atomic mass is 16.6. The van der Waals surface area contributed by atoms with Crippen molar-refractivity contribution in [1.82, 2.24) is 15.1 Å². The average Bonchev–Trinajstić information content (AvgIpc) is 2.81. The Labute approximate surface area is 144 Å². The largest absolute Gasteiger partial charge is 0.444 e. The molecule has 1 aromatic carbocycles. The Morgan fingerprint density at radius 3 is 2.46 bits per heavy atom. The second kappa shape index (κ2) is 7.51. The van der Waals surface area contributed by atoms with Crippen molar-refractivity contribution in [2.75, 3.05) is 0 Å². The first kappa shape index (κ1) is 18.0. The molecule has 130 valence electrons. The van der Waals surface area contributed by atoms with Crippen molar-refractivity contribution in [3.8, 4) is 0 Å². The summed E-state index contributed by atoms with van der Waals surface area (Å²) in [5, 5.41) is 7.47. The Morgan fingerprint density at radius 1 is 1.25 bits per heavy atom. The van der Waals surface area contributed by atoms with Crippen LogP contribution in [-0.4, -0.2) is 21.5 Å². The zero-order valence-corrected chi connectivity index (χ0v) is 15.2. The number of hydrogen-bond acceptors (Lipinski definition) is 3. The van der Waals surface area contributed by atoms with Crippen LogP contribution in [0.25, 0.3) is 0 Å². The van der Waals surface area contributed by atoms with Crippen molar-refractivity contribution in [1.29, 1.82) is 0 Å². The predicted molar refractivity (Wildman–Crippen MR) is 94.9 cm³/mol. The van der Waals surface area contributed by atoms with E-state index in [4.69, 9.17) is 4.74 Å². The van der Waals surface area contributed by atoms with Crippen molar-refractivity contribution in [2.45, 2.75) is 59.2 Å². The Morgan fingerprint density at radius 2 is 1.92 bits per heavy atom. The van der Waals surface area contributed by atoms with E-state index in [-0.39, 0.29) is 6.17 Å². The lowest BCUT2D eigenvalue weighted by atomic mass is 10.1. The SMILES string of the molecule is Cc1cc(C)n(C(CCc2ccccc2)NC(=O)OC(C)(C)C)n1. The maximum atomic E-state index is 12.2. The van der Waals surface area contributed by atoms with Gasteiger partial charge in [-0.05, 0) is 59.1 Å². The number of amides is 1. The molecular formula is C19H27N3O2. The van der Waals surface area contributed by atoms with Crippen LogP contribution in [0.1, 0.15) is 50.3 Å². The van der Waals surface area contributed by atoms with E-state index in [0.717, 1.165) is 24.2 Å². The van der Waals surface area contributed by atoms with Crippen molar-refractivity contribution < 1.29 is 9.53 Å². The van der Waals surface area contributed by atoms with Gasteiger partial charge in [0.2, 0.25) is 0 Å². The van der Waals surface area contributed by atoms with Gasteiger partial charge in [0.25, 0.3) is 0 Å². The summed E-state index contributed by atoms with van der Waals surface area (Å²) < 4.78 is 7.26. The third-order valence-corrected chi connectivity index (χ3v) is 3.57. The van der Waals surface area contributed by atoms with Crippen LogP contribution in [-0.2, 0) is 11.2 Å². The Balaban J connectivity index is 2.12. The van der Waals surface area contributed by atoms with Gasteiger partial charge in [0.1, 0.15) is 11.8 Å². The van der Waals surface area contributed by atoms with Gasteiger partial charge < -0.3 is 4.74 Å². The minimum absolute atomic E-state index is 0.242. The summed E-state index contributed by atoms with van der Waals surface area (Å²) in [5.74, 6) is 0. The van der Waals surface area contributed by atoms with Crippen molar-refractivity contribution in [2.24, 2.45) is 0 Å². The van der Waals surface area contributed by atoms with Crippen molar-refractivity contribution >= 4 is 6.09 Å². The van der Waals surface area contributed by atoms with Crippen LogP contribution in [0.15, 0.2) is 36.4 Å². The van der Waals surface area contributed by atoms with Gasteiger partial charge >= 0.3 is 6.09 Å². The number of hydrogen-bond donors (Lipinski definition) is 1. The van der Waals surface area contributed by atoms with Crippen LogP contribution in [0.4, 0.5) is 4.79 Å². The van der Waals surface area contributed by atoms with Gasteiger partial charge in [0.15, 0.2) is 0 Å². The van der Waals surface area contributed by atoms with Gasteiger partial charge in [-0.1, -0.05) is 30.3 Å². The van der Waals surface area contributed by atoms with Crippen molar-refractivity contribution in [3.63, 3.8) is 0 Å². The maximum absolute atomic E-state index is 12.2. The highest BCUT2D eigenvalue weighted by Gasteiger charge is 2.22. The van der Waals surface area contributed by atoms with E-state index in [9.17, 15) is 4.79 Å². The minimum atomic E-state index is -0.525. The van der Waals surface area contributed by atoms with Crippen LogP contribution in [0.5, 0.6) is 0 Å². The molecule has 1 aromatic heterocycles. The number of carbonyl (C=O) groups is 1. The number of alkyl carbamates (subject to hydrolysis) is 1. The van der Waals surface area contributed by atoms with E-state index in [1.807, 2.05) is 63.6 Å². The molecule has 2 aromatic rings. The lowest BCUT2D eigenvalue weighted by Gasteiger charge is -2.24. The molecule has 1 unspecified atom stereocenters. The van der Waals surface area contributed by atoms with Crippen molar-refractivity contribution in [3.05, 3.63) is 53.3 Å². The smallest absolute Gasteiger partial charge is 0.409 e. The average molecular weight is 329 g/mol. The lowest BCUT2D eigenvalue weighted by Crippen LogP contribution is -2.38. The fourth-order valence-corrected chi connectivity index (χ4v) is 2.61. The molecule has 5 heteroatoms. The number of rotatable bonds is 5. The number of aryl methyl sites for hydroxylation is 3. The molecule has 0 aliphatic rings. The van der Waals surface area contributed by atoms with Gasteiger partial charge in [0.05, 0.1) is 5.69 Å². The summed E-state index contributed by atoms with van der Waals surface area (Å²) in [6.07, 6.45) is 0.923. The Hall–Kier alpha value is -2.30. The highest BCUT2D eigenvalue weighted by molar-refractivity contribution is 5.67. The maximum Gasteiger partial charge on any atom is 0.409 e. The van der Waals surface area contributed by atoms with Crippen LogP contribution < -0.4 is 5.32 Å². The zero-order valence-electron chi connectivity index (χ0n) is 15.2. The molecular weight excluding hydrogens is 302 g/mol. The molecule has 0 spiro atoms. The molecule has 1 N–H and O–H groups in total. The molecule has 2 rings (SSSR count). The number of benzene rings is 1. The van der Waals surface area contributed by atoms with Crippen LogP contribution >= 0.6 is 0 Å². The molecule has 0 bridgehead atoms. The third-order valence-electron chi connectivity index (χ3n) is 3.57. The summed E-state index contributed by atoms with van der Waals surface area (Å²) in [4.78, 5) is 12.2. The van der Waals surface area contributed by atoms with Crippen LogP contribution in [0, 0.1) is 13.8 Å². The second-order valence-electron chi connectivity index (χ2n) is 7.06. The fraction of sp³-hybridized carbons (Fsp3) is 0.474. The molecule has 0 saturated heterocycles. The summed E-state index contributed by atoms with van der Waals surface area (Å²) in [7, 11) is 0. The minimum Gasteiger partial charge on any atom is -0.444 e. The summed E-state index contributed by atoms with van der Waals surface area (Å²) in [5.41, 5.74) is 2.66. The molecule has 5 nitrogen and oxygen atoms in total. The van der Waals surface area contributed by atoms with Gasteiger partial charge in [-0.25, -0.2) is 9.48 Å². The molecule has 0 aliphatic carbocycles. The van der Waals surface area contributed by atoms with E-state index in [1.54, 1.807) is 0 Å². The molecule has 0 fully saturated rings. The number of nitrogens with one attached hydrogen (secondary N) is 1. The summed E-state index contributed by atoms with van der Waals surface area (Å²) in [6.45, 7) is 9.51. The quantitative estimate of drug-likeness (QED) is 0.896. The van der Waals surface area contributed by atoms with Crippen LogP contribution in [0.3, 0.4) is 0 Å². The molecule has 0 saturated carbocycles. The zero-order chi connectivity index (χ0) is 17.7. The topological polar surface area (TPSA) is 56.2 Å². The second-order valence-corrected chi connectivity index (χ2v) is 7.06. The number of aromatic nitrogens is 2. The summed E-state index contributed by atoms with van der Waals surface area (Å²) >= 11 is 0. The van der Waals surface area contributed by atoms with Gasteiger partial charge in [-0.15, -0.1) is 0 Å². The van der Waals surface area contributed by atoms with Crippen LogP contribution in [0.2, 0.25) is 0 Å². The third kappa shape index (κ3) is 5.41. The van der Waals surface area contributed by atoms with E-state index in [2.05, 4.69) is 22.5 Å². The molecule has 1 atom stereocenters. The molecule has 0 aliphatic heterocycles. The van der Waals surface area contributed by atoms with E-state index in [1.165, 1.54) is 5.56 Å². The van der Waals surface area contributed by atoms with E-state index >= 15 is 0 Å². The monoisotopic (exact) mass is 329 g/mol. The first-order valence-electron chi connectivity index (χ1n) is 8.31. The normalized spacial score (nSPS) is 12.7. The summed E-state index contributed by atoms with van der Waals surface area (Å²) in [6, 6.07) is 12.2. The standard InChI is InChI=1S/C19H27N3O2/c1-14-13-15(2)22(21-14)17(20-18(23)24-19(3,4)5)12-11-16-9-7-6-8-10-16/h6-10,13,17H,11-12H2,1-5H3,(H,20,23). The Kier molecular flexibility index (Phi) is 5.65. The Bertz CT molecular complexity index is 672. The number of ether oxygens (including phenoxy) is 1. The first-order valence-corrected chi connectivity index (χ1v) is 8.31. The fourth-order valence-electron chi connectivity index (χ4n) is 2.61. The highest BCUT2D eigenvalue weighted by Crippen LogP contribution is 2.17. The first-order chi connectivity index (χ1) is 11.2. The molecule has 24 heavy (non-hydrogen) atoms. The van der Waals surface area contributed by atoms with E-state index in [0.29, 0.717) is 0 Å². The van der Waals surface area contributed by atoms with Gasteiger partial charge in [-0.3, -0.25) is 5.32 Å². The molecule has 1 amide bonds. The number of nitrogens with zero attached hydrogens (tertiary/aromatic N) is 2. The molecule has 0 radical (unpaired) electrons. The molecule has 1 heterocycles. The van der Waals surface area contributed by atoms with E-state index < -0.39 is 11.7 Å². The van der Waals surface area contributed by atoms with Gasteiger partial charge in [-0.2, -0.15) is 5.10 Å².